The maximum atomic E-state index is 12.5. The zero-order valence-electron chi connectivity index (χ0n) is 12.9. The van der Waals surface area contributed by atoms with Crippen molar-refractivity contribution in [2.75, 3.05) is 0 Å². The molecule has 0 saturated heterocycles. The molecule has 1 aliphatic rings. The molecule has 3 aromatic rings. The number of aryl methyl sites for hydroxylation is 1. The molecule has 0 unspecified atom stereocenters. The van der Waals surface area contributed by atoms with Crippen molar-refractivity contribution < 1.29 is 4.79 Å². The Bertz CT molecular complexity index is 838. The van der Waals surface area contributed by atoms with Crippen molar-refractivity contribution in [3.05, 3.63) is 41.9 Å². The minimum Gasteiger partial charge on any atom is -0.356 e. The molecule has 0 spiro atoms. The standard InChI is InChI=1S/C16H18N6O/c1-10(22-9-17-20-21-22)16(23)19-14-8-4-6-12-11-5-2-3-7-13(11)18-15(12)14/h2-3,5,7,9-10,14,18H,4,6,8H2,1H3,(H,19,23)/t10-,14+/m0/s1. The summed E-state index contributed by atoms with van der Waals surface area (Å²) in [6, 6.07) is 7.88. The van der Waals surface area contributed by atoms with Gasteiger partial charge in [-0.25, -0.2) is 4.68 Å². The summed E-state index contributed by atoms with van der Waals surface area (Å²) in [5, 5.41) is 15.4. The topological polar surface area (TPSA) is 88.5 Å². The van der Waals surface area contributed by atoms with Crippen LogP contribution in [0.2, 0.25) is 0 Å². The Labute approximate surface area is 133 Å². The molecule has 2 N–H and O–H groups in total. The molecule has 7 nitrogen and oxygen atoms in total. The molecule has 1 aromatic carbocycles. The number of rotatable bonds is 3. The van der Waals surface area contributed by atoms with Gasteiger partial charge in [0.2, 0.25) is 5.91 Å². The van der Waals surface area contributed by atoms with E-state index in [0.29, 0.717) is 0 Å². The first-order valence-electron chi connectivity index (χ1n) is 7.86. The molecule has 2 atom stereocenters. The molecular weight excluding hydrogens is 292 g/mol. The Morgan fingerprint density at radius 2 is 2.30 bits per heavy atom. The zero-order chi connectivity index (χ0) is 15.8. The van der Waals surface area contributed by atoms with Gasteiger partial charge in [-0.15, -0.1) is 5.10 Å². The fourth-order valence-electron chi connectivity index (χ4n) is 3.32. The van der Waals surface area contributed by atoms with Crippen molar-refractivity contribution in [3.63, 3.8) is 0 Å². The quantitative estimate of drug-likeness (QED) is 0.773. The van der Waals surface area contributed by atoms with E-state index in [0.717, 1.165) is 30.5 Å². The SMILES string of the molecule is C[C@@H](C(=O)N[C@@H]1CCCc2c1[nH]c1ccccc21)n1cnnn1. The number of H-pyrrole nitrogens is 1. The van der Waals surface area contributed by atoms with Crippen molar-refractivity contribution in [2.45, 2.75) is 38.3 Å². The van der Waals surface area contributed by atoms with E-state index in [-0.39, 0.29) is 11.9 Å². The van der Waals surface area contributed by atoms with Crippen LogP contribution in [0.15, 0.2) is 30.6 Å². The number of tetrazole rings is 1. The van der Waals surface area contributed by atoms with Crippen molar-refractivity contribution in [1.82, 2.24) is 30.5 Å². The lowest BCUT2D eigenvalue weighted by atomic mass is 9.91. The number of aromatic amines is 1. The summed E-state index contributed by atoms with van der Waals surface area (Å²) in [4.78, 5) is 16.0. The van der Waals surface area contributed by atoms with Gasteiger partial charge in [0.25, 0.3) is 0 Å². The van der Waals surface area contributed by atoms with Crippen LogP contribution in [0.4, 0.5) is 0 Å². The highest BCUT2D eigenvalue weighted by Gasteiger charge is 2.27. The van der Waals surface area contributed by atoms with Gasteiger partial charge in [-0.2, -0.15) is 0 Å². The number of amides is 1. The number of hydrogen-bond acceptors (Lipinski definition) is 4. The first-order chi connectivity index (χ1) is 11.2. The second kappa shape index (κ2) is 5.49. The summed E-state index contributed by atoms with van der Waals surface area (Å²) in [6.07, 6.45) is 4.51. The molecule has 0 bridgehead atoms. The van der Waals surface area contributed by atoms with E-state index in [2.05, 4.69) is 44.0 Å². The molecule has 2 aromatic heterocycles. The lowest BCUT2D eigenvalue weighted by Gasteiger charge is -2.25. The first kappa shape index (κ1) is 13.9. The van der Waals surface area contributed by atoms with Crippen LogP contribution >= 0.6 is 0 Å². The van der Waals surface area contributed by atoms with Gasteiger partial charge in [0.15, 0.2) is 0 Å². The van der Waals surface area contributed by atoms with Gasteiger partial charge >= 0.3 is 0 Å². The molecule has 0 radical (unpaired) electrons. The molecule has 1 amide bonds. The summed E-state index contributed by atoms with van der Waals surface area (Å²) in [5.41, 5.74) is 3.59. The number of nitrogens with zero attached hydrogens (tertiary/aromatic N) is 4. The molecule has 1 aliphatic carbocycles. The van der Waals surface area contributed by atoms with Gasteiger partial charge < -0.3 is 10.3 Å². The minimum atomic E-state index is -0.431. The predicted molar refractivity (Wildman–Crippen MR) is 84.6 cm³/mol. The number of fused-ring (bicyclic) bond motifs is 3. The van der Waals surface area contributed by atoms with Crippen LogP contribution in [0.25, 0.3) is 10.9 Å². The Morgan fingerprint density at radius 1 is 1.43 bits per heavy atom. The summed E-state index contributed by atoms with van der Waals surface area (Å²) in [5.74, 6) is -0.0752. The third-order valence-electron chi connectivity index (χ3n) is 4.57. The van der Waals surface area contributed by atoms with Crippen LogP contribution in [0.3, 0.4) is 0 Å². The van der Waals surface area contributed by atoms with Gasteiger partial charge in [0, 0.05) is 16.6 Å². The summed E-state index contributed by atoms with van der Waals surface area (Å²) >= 11 is 0. The molecular formula is C16H18N6O. The lowest BCUT2D eigenvalue weighted by Crippen LogP contribution is -2.36. The summed E-state index contributed by atoms with van der Waals surface area (Å²) in [6.45, 7) is 1.79. The molecule has 4 rings (SSSR count). The Balaban J connectivity index is 1.61. The monoisotopic (exact) mass is 310 g/mol. The van der Waals surface area contributed by atoms with Crippen molar-refractivity contribution >= 4 is 16.8 Å². The van der Waals surface area contributed by atoms with Crippen LogP contribution in [0.5, 0.6) is 0 Å². The van der Waals surface area contributed by atoms with E-state index in [4.69, 9.17) is 0 Å². The largest absolute Gasteiger partial charge is 0.356 e. The highest BCUT2D eigenvalue weighted by molar-refractivity contribution is 5.86. The highest BCUT2D eigenvalue weighted by atomic mass is 16.2. The smallest absolute Gasteiger partial charge is 0.245 e. The molecule has 0 fully saturated rings. The molecule has 7 heteroatoms. The van der Waals surface area contributed by atoms with E-state index in [9.17, 15) is 4.79 Å². The number of para-hydroxylation sites is 1. The van der Waals surface area contributed by atoms with Gasteiger partial charge in [-0.05, 0) is 48.2 Å². The summed E-state index contributed by atoms with van der Waals surface area (Å²) < 4.78 is 1.46. The number of carbonyl (C=O) groups excluding carboxylic acids is 1. The molecule has 0 saturated carbocycles. The lowest BCUT2D eigenvalue weighted by molar-refractivity contribution is -0.125. The number of carbonyl (C=O) groups is 1. The number of benzene rings is 1. The maximum absolute atomic E-state index is 12.5. The van der Waals surface area contributed by atoms with Crippen molar-refractivity contribution in [1.29, 1.82) is 0 Å². The predicted octanol–water partition coefficient (Wildman–Crippen LogP) is 1.91. The summed E-state index contributed by atoms with van der Waals surface area (Å²) in [7, 11) is 0. The zero-order valence-corrected chi connectivity index (χ0v) is 12.9. The fourth-order valence-corrected chi connectivity index (χ4v) is 3.32. The second-order valence-corrected chi connectivity index (χ2v) is 5.98. The number of aromatic nitrogens is 5. The third kappa shape index (κ3) is 2.38. The Hall–Kier alpha value is -2.70. The molecule has 0 aliphatic heterocycles. The third-order valence-corrected chi connectivity index (χ3v) is 4.57. The van der Waals surface area contributed by atoms with Crippen LogP contribution in [0, 0.1) is 0 Å². The Kier molecular flexibility index (Phi) is 3.33. The normalized spacial score (nSPS) is 18.6. The second-order valence-electron chi connectivity index (χ2n) is 5.98. The van der Waals surface area contributed by atoms with Crippen molar-refractivity contribution in [3.8, 4) is 0 Å². The maximum Gasteiger partial charge on any atom is 0.245 e. The van der Waals surface area contributed by atoms with Gasteiger partial charge in [0.05, 0.1) is 6.04 Å². The van der Waals surface area contributed by atoms with E-state index in [1.807, 2.05) is 6.07 Å². The average Bonchev–Trinajstić information content (AvgIpc) is 3.22. The van der Waals surface area contributed by atoms with Crippen LogP contribution < -0.4 is 5.32 Å². The highest BCUT2D eigenvalue weighted by Crippen LogP contribution is 2.34. The van der Waals surface area contributed by atoms with E-state index >= 15 is 0 Å². The number of nitrogens with one attached hydrogen (secondary N) is 2. The van der Waals surface area contributed by atoms with Crippen LogP contribution in [-0.4, -0.2) is 31.1 Å². The molecule has 23 heavy (non-hydrogen) atoms. The Morgan fingerprint density at radius 3 is 3.13 bits per heavy atom. The minimum absolute atomic E-state index is 0.0116. The first-order valence-corrected chi connectivity index (χ1v) is 7.86. The number of hydrogen-bond donors (Lipinski definition) is 2. The van der Waals surface area contributed by atoms with E-state index < -0.39 is 6.04 Å². The van der Waals surface area contributed by atoms with Gasteiger partial charge in [-0.1, -0.05) is 18.2 Å². The van der Waals surface area contributed by atoms with E-state index in [1.54, 1.807) is 6.92 Å². The van der Waals surface area contributed by atoms with Gasteiger partial charge in [0.1, 0.15) is 12.4 Å². The van der Waals surface area contributed by atoms with Gasteiger partial charge in [-0.3, -0.25) is 4.79 Å². The van der Waals surface area contributed by atoms with Crippen LogP contribution in [0.1, 0.15) is 43.1 Å². The van der Waals surface area contributed by atoms with Crippen LogP contribution in [-0.2, 0) is 11.2 Å². The van der Waals surface area contributed by atoms with Crippen molar-refractivity contribution in [2.24, 2.45) is 0 Å². The average molecular weight is 310 g/mol. The molecule has 118 valence electrons. The fraction of sp³-hybridized carbons (Fsp3) is 0.375. The van der Waals surface area contributed by atoms with E-state index in [1.165, 1.54) is 22.0 Å². The molecule has 2 heterocycles.